The highest BCUT2D eigenvalue weighted by Crippen LogP contribution is 2.24. The molecule has 2 aromatic rings. The number of nitrogens with zero attached hydrogens (tertiary/aromatic N) is 1. The van der Waals surface area contributed by atoms with E-state index in [2.05, 4.69) is 5.32 Å². The van der Waals surface area contributed by atoms with Crippen LogP contribution in [0.15, 0.2) is 47.4 Å². The molecule has 32 heavy (non-hydrogen) atoms. The maximum absolute atomic E-state index is 14.3. The number of halogens is 1. The van der Waals surface area contributed by atoms with Crippen LogP contribution in [0.4, 0.5) is 10.1 Å². The highest BCUT2D eigenvalue weighted by Gasteiger charge is 2.30. The largest absolute Gasteiger partial charge is 0.492 e. The predicted octanol–water partition coefficient (Wildman–Crippen LogP) is 2.04. The summed E-state index contributed by atoms with van der Waals surface area (Å²) in [6.45, 7) is 2.15. The zero-order chi connectivity index (χ0) is 23.1. The summed E-state index contributed by atoms with van der Waals surface area (Å²) in [6.07, 6.45) is 0. The van der Waals surface area contributed by atoms with Crippen LogP contribution in [0.25, 0.3) is 0 Å². The number of carbonyl (C=O) groups is 2. The average Bonchev–Trinajstić information content (AvgIpc) is 2.79. The molecule has 1 N–H and O–H groups in total. The summed E-state index contributed by atoms with van der Waals surface area (Å²) in [4.78, 5) is 23.9. The molecule has 9 nitrogen and oxygen atoms in total. The van der Waals surface area contributed by atoms with E-state index < -0.39 is 39.2 Å². The Morgan fingerprint density at radius 2 is 1.88 bits per heavy atom. The van der Waals surface area contributed by atoms with Crippen molar-refractivity contribution in [2.45, 2.75) is 11.8 Å². The molecule has 3 rings (SSSR count). The van der Waals surface area contributed by atoms with Crippen LogP contribution >= 0.6 is 0 Å². The van der Waals surface area contributed by atoms with Crippen LogP contribution < -0.4 is 10.1 Å². The monoisotopic (exact) mass is 466 g/mol. The fraction of sp³-hybridized carbons (Fsp3) is 0.333. The van der Waals surface area contributed by atoms with Crippen LogP contribution in [0.5, 0.6) is 5.75 Å². The van der Waals surface area contributed by atoms with Crippen molar-refractivity contribution in [2.24, 2.45) is 0 Å². The maximum Gasteiger partial charge on any atom is 0.338 e. The quantitative estimate of drug-likeness (QED) is 0.593. The summed E-state index contributed by atoms with van der Waals surface area (Å²) < 4.78 is 56.4. The minimum absolute atomic E-state index is 0.0832. The van der Waals surface area contributed by atoms with Gasteiger partial charge in [-0.3, -0.25) is 4.79 Å². The number of rotatable bonds is 8. The van der Waals surface area contributed by atoms with Crippen molar-refractivity contribution in [1.82, 2.24) is 4.31 Å². The van der Waals surface area contributed by atoms with Gasteiger partial charge in [0.15, 0.2) is 6.61 Å². The van der Waals surface area contributed by atoms with Gasteiger partial charge in [-0.1, -0.05) is 12.1 Å². The van der Waals surface area contributed by atoms with E-state index in [1.165, 1.54) is 0 Å². The van der Waals surface area contributed by atoms with E-state index in [0.29, 0.717) is 18.0 Å². The fourth-order valence-electron chi connectivity index (χ4n) is 3.01. The lowest BCUT2D eigenvalue weighted by Gasteiger charge is -2.26. The SMILES string of the molecule is CCOc1ccccc1NC(=O)COC(=O)c1ccc(F)c(S(=O)(=O)N2CCOCC2)c1. The Balaban J connectivity index is 1.67. The summed E-state index contributed by atoms with van der Waals surface area (Å²) in [5.74, 6) is -2.10. The molecule has 0 unspecified atom stereocenters. The number of benzene rings is 2. The van der Waals surface area contributed by atoms with Gasteiger partial charge in [0.25, 0.3) is 5.91 Å². The van der Waals surface area contributed by atoms with Gasteiger partial charge in [0.05, 0.1) is 31.1 Å². The van der Waals surface area contributed by atoms with Gasteiger partial charge in [0.1, 0.15) is 16.5 Å². The number of para-hydroxylation sites is 2. The zero-order valence-corrected chi connectivity index (χ0v) is 18.2. The lowest BCUT2D eigenvalue weighted by Crippen LogP contribution is -2.41. The van der Waals surface area contributed by atoms with E-state index in [1.807, 2.05) is 0 Å². The Labute approximate surface area is 185 Å². The normalized spacial score (nSPS) is 14.6. The standard InChI is InChI=1S/C21H23FN2O7S/c1-2-30-18-6-4-3-5-17(18)23-20(25)14-31-21(26)15-7-8-16(22)19(13-15)32(27,28)24-9-11-29-12-10-24/h3-8,13H,2,9-12,14H2,1H3,(H,23,25). The molecule has 1 saturated heterocycles. The third-order valence-electron chi connectivity index (χ3n) is 4.55. The minimum Gasteiger partial charge on any atom is -0.492 e. The number of amides is 1. The van der Waals surface area contributed by atoms with E-state index in [0.717, 1.165) is 22.5 Å². The summed E-state index contributed by atoms with van der Waals surface area (Å²) in [6, 6.07) is 9.65. The maximum atomic E-state index is 14.3. The second-order valence-corrected chi connectivity index (χ2v) is 8.62. The van der Waals surface area contributed by atoms with Crippen LogP contribution in [0.3, 0.4) is 0 Å². The van der Waals surface area contributed by atoms with Gasteiger partial charge in [-0.2, -0.15) is 4.31 Å². The highest BCUT2D eigenvalue weighted by molar-refractivity contribution is 7.89. The molecule has 1 aliphatic heterocycles. The topological polar surface area (TPSA) is 111 Å². The van der Waals surface area contributed by atoms with Crippen molar-refractivity contribution in [2.75, 3.05) is 44.8 Å². The van der Waals surface area contributed by atoms with Crippen LogP contribution in [0.1, 0.15) is 17.3 Å². The number of carbonyl (C=O) groups excluding carboxylic acids is 2. The molecule has 0 saturated carbocycles. The van der Waals surface area contributed by atoms with Crippen LogP contribution in [0, 0.1) is 5.82 Å². The molecule has 0 radical (unpaired) electrons. The van der Waals surface area contributed by atoms with E-state index in [-0.39, 0.29) is 31.9 Å². The van der Waals surface area contributed by atoms with Crippen molar-refractivity contribution >= 4 is 27.6 Å². The molecule has 0 atom stereocenters. The fourth-order valence-corrected chi connectivity index (χ4v) is 4.50. The molecule has 1 amide bonds. The number of esters is 1. The zero-order valence-electron chi connectivity index (χ0n) is 17.4. The molecule has 1 fully saturated rings. The Hall–Kier alpha value is -3.02. The molecule has 2 aromatic carbocycles. The van der Waals surface area contributed by atoms with Crippen LogP contribution in [0.2, 0.25) is 0 Å². The number of ether oxygens (including phenoxy) is 3. The molecule has 172 valence electrons. The Kier molecular flexibility index (Phi) is 7.78. The van der Waals surface area contributed by atoms with Crippen LogP contribution in [-0.2, 0) is 24.3 Å². The Morgan fingerprint density at radius 1 is 1.16 bits per heavy atom. The smallest absolute Gasteiger partial charge is 0.338 e. The minimum atomic E-state index is -4.15. The molecule has 0 aromatic heterocycles. The van der Waals surface area contributed by atoms with E-state index in [1.54, 1.807) is 31.2 Å². The lowest BCUT2D eigenvalue weighted by molar-refractivity contribution is -0.119. The first-order chi connectivity index (χ1) is 15.3. The molecular weight excluding hydrogens is 443 g/mol. The van der Waals surface area contributed by atoms with Gasteiger partial charge in [0.2, 0.25) is 10.0 Å². The number of hydrogen-bond donors (Lipinski definition) is 1. The first-order valence-electron chi connectivity index (χ1n) is 9.89. The summed E-state index contributed by atoms with van der Waals surface area (Å²) in [5, 5.41) is 2.57. The van der Waals surface area contributed by atoms with Gasteiger partial charge < -0.3 is 19.5 Å². The molecule has 1 aliphatic rings. The van der Waals surface area contributed by atoms with Gasteiger partial charge in [-0.05, 0) is 37.3 Å². The first kappa shape index (κ1) is 23.6. The lowest BCUT2D eigenvalue weighted by atomic mass is 10.2. The van der Waals surface area contributed by atoms with Gasteiger partial charge in [0, 0.05) is 13.1 Å². The van der Waals surface area contributed by atoms with Crippen molar-refractivity contribution in [1.29, 1.82) is 0 Å². The van der Waals surface area contributed by atoms with Crippen molar-refractivity contribution in [3.8, 4) is 5.75 Å². The summed E-state index contributed by atoms with van der Waals surface area (Å²) >= 11 is 0. The summed E-state index contributed by atoms with van der Waals surface area (Å²) in [7, 11) is -4.15. The Morgan fingerprint density at radius 3 is 2.59 bits per heavy atom. The van der Waals surface area contributed by atoms with Gasteiger partial charge in [-0.25, -0.2) is 17.6 Å². The second-order valence-electron chi connectivity index (χ2n) is 6.72. The third kappa shape index (κ3) is 5.61. The second kappa shape index (κ2) is 10.5. The van der Waals surface area contributed by atoms with Crippen LogP contribution in [-0.4, -0.2) is 64.1 Å². The molecule has 11 heteroatoms. The predicted molar refractivity (Wildman–Crippen MR) is 113 cm³/mol. The van der Waals surface area contributed by atoms with Crippen molar-refractivity contribution in [3.05, 3.63) is 53.8 Å². The van der Waals surface area contributed by atoms with E-state index in [4.69, 9.17) is 14.2 Å². The number of nitrogens with one attached hydrogen (secondary N) is 1. The number of hydrogen-bond acceptors (Lipinski definition) is 7. The molecule has 0 spiro atoms. The molecule has 0 bridgehead atoms. The van der Waals surface area contributed by atoms with E-state index in [9.17, 15) is 22.4 Å². The van der Waals surface area contributed by atoms with Gasteiger partial charge in [-0.15, -0.1) is 0 Å². The molecular formula is C21H23FN2O7S. The first-order valence-corrected chi connectivity index (χ1v) is 11.3. The summed E-state index contributed by atoms with van der Waals surface area (Å²) in [5.41, 5.74) is 0.219. The number of sulfonamides is 1. The number of morpholine rings is 1. The number of anilines is 1. The highest BCUT2D eigenvalue weighted by atomic mass is 32.2. The third-order valence-corrected chi connectivity index (χ3v) is 6.46. The average molecular weight is 466 g/mol. The van der Waals surface area contributed by atoms with E-state index >= 15 is 0 Å². The molecule has 0 aliphatic carbocycles. The molecule has 1 heterocycles. The Bertz CT molecular complexity index is 1090. The van der Waals surface area contributed by atoms with Crippen molar-refractivity contribution < 1.29 is 36.6 Å². The van der Waals surface area contributed by atoms with Crippen molar-refractivity contribution in [3.63, 3.8) is 0 Å². The van der Waals surface area contributed by atoms with Gasteiger partial charge >= 0.3 is 5.97 Å².